The molecule has 2 nitrogen and oxygen atoms in total. The van der Waals surface area contributed by atoms with E-state index in [1.54, 1.807) is 6.92 Å². The minimum absolute atomic E-state index is 0.223. The summed E-state index contributed by atoms with van der Waals surface area (Å²) in [6.45, 7) is 8.22. The summed E-state index contributed by atoms with van der Waals surface area (Å²) in [5.74, 6) is 0.120. The average Bonchev–Trinajstić information content (AvgIpc) is 2.09. The third kappa shape index (κ3) is 3.86. The van der Waals surface area contributed by atoms with Crippen molar-refractivity contribution in [3.8, 4) is 0 Å². The molecule has 1 aromatic heterocycles. The number of nitrogens with zero attached hydrogens (tertiary/aromatic N) is 2. The van der Waals surface area contributed by atoms with Crippen molar-refractivity contribution >= 4 is 15.9 Å². The van der Waals surface area contributed by atoms with Gasteiger partial charge in [-0.15, -0.1) is 0 Å². The summed E-state index contributed by atoms with van der Waals surface area (Å²) in [7, 11) is 0. The molecule has 0 atom stereocenters. The van der Waals surface area contributed by atoms with Gasteiger partial charge in [0.15, 0.2) is 0 Å². The first-order valence-corrected chi connectivity index (χ1v) is 5.77. The molecular weight excluding hydrogens is 259 g/mol. The van der Waals surface area contributed by atoms with Crippen LogP contribution in [0.1, 0.15) is 38.7 Å². The van der Waals surface area contributed by atoms with Crippen LogP contribution in [-0.2, 0) is 6.42 Å². The van der Waals surface area contributed by atoms with Crippen LogP contribution in [0.4, 0.5) is 4.39 Å². The molecule has 0 bridgehead atoms. The van der Waals surface area contributed by atoms with Gasteiger partial charge in [0.05, 0.1) is 10.2 Å². The summed E-state index contributed by atoms with van der Waals surface area (Å²) in [6, 6.07) is 0. The number of rotatable bonds is 2. The van der Waals surface area contributed by atoms with Crippen molar-refractivity contribution in [3.63, 3.8) is 0 Å². The molecule has 1 heterocycles. The smallest absolute Gasteiger partial charge is 0.230 e. The lowest BCUT2D eigenvalue weighted by Crippen LogP contribution is -2.09. The predicted octanol–water partition coefficient (Wildman–Crippen LogP) is 3.67. The van der Waals surface area contributed by atoms with E-state index >= 15 is 0 Å². The number of halogens is 2. The molecule has 0 aliphatic rings. The van der Waals surface area contributed by atoms with Gasteiger partial charge in [-0.3, -0.25) is 0 Å². The summed E-state index contributed by atoms with van der Waals surface area (Å²) in [4.78, 5) is 8.05. The molecule has 0 amide bonds. The maximum Gasteiger partial charge on any atom is 0.230 e. The van der Waals surface area contributed by atoms with Gasteiger partial charge in [0.25, 0.3) is 0 Å². The fourth-order valence-electron chi connectivity index (χ4n) is 1.18. The van der Waals surface area contributed by atoms with Crippen molar-refractivity contribution in [3.05, 3.63) is 21.9 Å². The second-order valence-corrected chi connectivity index (χ2v) is 5.68. The van der Waals surface area contributed by atoms with E-state index in [0.717, 1.165) is 6.42 Å². The van der Waals surface area contributed by atoms with Crippen molar-refractivity contribution in [1.29, 1.82) is 0 Å². The molecule has 0 aliphatic carbocycles. The van der Waals surface area contributed by atoms with E-state index in [9.17, 15) is 4.39 Å². The van der Waals surface area contributed by atoms with Crippen LogP contribution in [0.3, 0.4) is 0 Å². The van der Waals surface area contributed by atoms with Crippen LogP contribution in [-0.4, -0.2) is 9.97 Å². The molecule has 0 fully saturated rings. The molecule has 0 radical (unpaired) electrons. The van der Waals surface area contributed by atoms with Crippen LogP contribution in [0, 0.1) is 18.3 Å². The average molecular weight is 275 g/mol. The standard InChI is InChI=1S/C11H16BrFN2/c1-7-9(12)10(13)15-8(14-7)5-6-11(2,3)4/h5-6H2,1-4H3. The van der Waals surface area contributed by atoms with Crippen LogP contribution < -0.4 is 0 Å². The van der Waals surface area contributed by atoms with Gasteiger partial charge in [0.2, 0.25) is 5.95 Å². The molecule has 1 aromatic rings. The van der Waals surface area contributed by atoms with Gasteiger partial charge in [-0.1, -0.05) is 20.8 Å². The summed E-state index contributed by atoms with van der Waals surface area (Å²) < 4.78 is 13.6. The van der Waals surface area contributed by atoms with E-state index in [1.165, 1.54) is 0 Å². The van der Waals surface area contributed by atoms with Crippen molar-refractivity contribution in [2.45, 2.75) is 40.5 Å². The lowest BCUT2D eigenvalue weighted by atomic mass is 9.90. The van der Waals surface area contributed by atoms with Crippen LogP contribution in [0.2, 0.25) is 0 Å². The second kappa shape index (κ2) is 4.56. The molecule has 0 spiro atoms. The lowest BCUT2D eigenvalue weighted by molar-refractivity contribution is 0.372. The van der Waals surface area contributed by atoms with Crippen LogP contribution in [0.25, 0.3) is 0 Å². The molecule has 1 rings (SSSR count). The molecule has 0 N–H and O–H groups in total. The summed E-state index contributed by atoms with van der Waals surface area (Å²) >= 11 is 3.10. The number of aromatic nitrogens is 2. The number of aryl methyl sites for hydroxylation is 2. The Morgan fingerprint density at radius 1 is 1.27 bits per heavy atom. The molecule has 0 saturated carbocycles. The zero-order valence-electron chi connectivity index (χ0n) is 9.56. The zero-order valence-corrected chi connectivity index (χ0v) is 11.2. The van der Waals surface area contributed by atoms with Crippen molar-refractivity contribution in [1.82, 2.24) is 9.97 Å². The maximum absolute atomic E-state index is 13.3. The minimum atomic E-state index is -0.466. The Balaban J connectivity index is 2.80. The minimum Gasteiger partial charge on any atom is -0.237 e. The predicted molar refractivity (Wildman–Crippen MR) is 62.2 cm³/mol. The first-order valence-electron chi connectivity index (χ1n) is 4.98. The van der Waals surface area contributed by atoms with Gasteiger partial charge < -0.3 is 0 Å². The number of hydrogen-bond donors (Lipinski definition) is 0. The van der Waals surface area contributed by atoms with E-state index in [0.29, 0.717) is 22.4 Å². The Morgan fingerprint density at radius 2 is 1.87 bits per heavy atom. The van der Waals surface area contributed by atoms with Gasteiger partial charge >= 0.3 is 0 Å². The van der Waals surface area contributed by atoms with E-state index in [4.69, 9.17) is 0 Å². The SMILES string of the molecule is Cc1nc(CCC(C)(C)C)nc(F)c1Br. The highest BCUT2D eigenvalue weighted by Crippen LogP contribution is 2.22. The Morgan fingerprint density at radius 3 is 2.33 bits per heavy atom. The van der Waals surface area contributed by atoms with Crippen LogP contribution in [0.5, 0.6) is 0 Å². The monoisotopic (exact) mass is 274 g/mol. The van der Waals surface area contributed by atoms with Crippen LogP contribution in [0.15, 0.2) is 4.47 Å². The Kier molecular flexibility index (Phi) is 3.82. The van der Waals surface area contributed by atoms with Crippen LogP contribution >= 0.6 is 15.9 Å². The van der Waals surface area contributed by atoms with E-state index < -0.39 is 5.95 Å². The van der Waals surface area contributed by atoms with Gasteiger partial charge in [0, 0.05) is 6.42 Å². The van der Waals surface area contributed by atoms with Gasteiger partial charge in [0.1, 0.15) is 5.82 Å². The highest BCUT2D eigenvalue weighted by atomic mass is 79.9. The van der Waals surface area contributed by atoms with E-state index in [2.05, 4.69) is 46.7 Å². The maximum atomic E-state index is 13.3. The second-order valence-electron chi connectivity index (χ2n) is 4.89. The number of hydrogen-bond acceptors (Lipinski definition) is 2. The molecule has 84 valence electrons. The quantitative estimate of drug-likeness (QED) is 0.770. The molecule has 0 saturated heterocycles. The molecular formula is C11H16BrFN2. The Bertz CT molecular complexity index is 335. The lowest BCUT2D eigenvalue weighted by Gasteiger charge is -2.17. The van der Waals surface area contributed by atoms with Crippen molar-refractivity contribution in [2.24, 2.45) is 5.41 Å². The summed E-state index contributed by atoms with van der Waals surface area (Å²) in [6.07, 6.45) is 1.67. The molecule has 0 unspecified atom stereocenters. The first kappa shape index (κ1) is 12.6. The summed E-state index contributed by atoms with van der Waals surface area (Å²) in [5, 5.41) is 0. The largest absolute Gasteiger partial charge is 0.237 e. The molecule has 4 heteroatoms. The van der Waals surface area contributed by atoms with Crippen molar-refractivity contribution < 1.29 is 4.39 Å². The topological polar surface area (TPSA) is 25.8 Å². The van der Waals surface area contributed by atoms with E-state index in [-0.39, 0.29) is 5.41 Å². The highest BCUT2D eigenvalue weighted by molar-refractivity contribution is 9.10. The van der Waals surface area contributed by atoms with E-state index in [1.807, 2.05) is 0 Å². The molecule has 15 heavy (non-hydrogen) atoms. The molecule has 0 aliphatic heterocycles. The van der Waals surface area contributed by atoms with Crippen molar-refractivity contribution in [2.75, 3.05) is 0 Å². The zero-order chi connectivity index (χ0) is 11.6. The third-order valence-electron chi connectivity index (χ3n) is 2.12. The Labute approximate surface area is 98.5 Å². The fourth-order valence-corrected chi connectivity index (χ4v) is 1.36. The van der Waals surface area contributed by atoms with Gasteiger partial charge in [-0.05, 0) is 34.7 Å². The normalized spacial score (nSPS) is 11.9. The first-order chi connectivity index (χ1) is 6.79. The third-order valence-corrected chi connectivity index (χ3v) is 3.02. The summed E-state index contributed by atoms with van der Waals surface area (Å²) in [5.41, 5.74) is 0.882. The Hall–Kier alpha value is -0.510. The molecule has 0 aromatic carbocycles. The fraction of sp³-hybridized carbons (Fsp3) is 0.636. The van der Waals surface area contributed by atoms with Gasteiger partial charge in [-0.2, -0.15) is 4.39 Å². The van der Waals surface area contributed by atoms with Gasteiger partial charge in [-0.25, -0.2) is 9.97 Å². The highest BCUT2D eigenvalue weighted by Gasteiger charge is 2.13.